The summed E-state index contributed by atoms with van der Waals surface area (Å²) in [6.07, 6.45) is 3.05. The molecule has 0 aromatic heterocycles. The molecule has 0 saturated heterocycles. The molecule has 1 heterocycles. The molecule has 1 aliphatic heterocycles. The van der Waals surface area contributed by atoms with Crippen LogP contribution in [0.3, 0.4) is 0 Å². The van der Waals surface area contributed by atoms with Gasteiger partial charge >= 0.3 is 12.0 Å². The number of benzene rings is 1. The first-order valence-electron chi connectivity index (χ1n) is 11.4. The minimum absolute atomic E-state index is 0.111. The molecule has 2 aliphatic rings. The van der Waals surface area contributed by atoms with Crippen LogP contribution >= 0.6 is 11.6 Å². The summed E-state index contributed by atoms with van der Waals surface area (Å²) >= 11 is 6.24. The fourth-order valence-corrected chi connectivity index (χ4v) is 4.70. The number of alkyl carbamates (subject to hydrolysis) is 1. The molecule has 8 heteroatoms. The van der Waals surface area contributed by atoms with Crippen LogP contribution in [0.25, 0.3) is 0 Å². The van der Waals surface area contributed by atoms with Crippen molar-refractivity contribution < 1.29 is 19.1 Å². The third kappa shape index (κ3) is 6.37. The van der Waals surface area contributed by atoms with Crippen LogP contribution in [0.4, 0.5) is 4.79 Å². The second-order valence-corrected chi connectivity index (χ2v) is 9.80. The third-order valence-corrected chi connectivity index (χ3v) is 6.09. The van der Waals surface area contributed by atoms with Gasteiger partial charge in [-0.25, -0.2) is 9.79 Å². The number of hydrogen-bond donors (Lipinski definition) is 1. The van der Waals surface area contributed by atoms with Crippen molar-refractivity contribution in [3.8, 4) is 0 Å². The maximum Gasteiger partial charge on any atom is 0.408 e. The van der Waals surface area contributed by atoms with Crippen LogP contribution in [-0.2, 0) is 14.3 Å². The molecule has 32 heavy (non-hydrogen) atoms. The Morgan fingerprint density at radius 2 is 2.00 bits per heavy atom. The van der Waals surface area contributed by atoms with E-state index in [1.165, 1.54) is 0 Å². The monoisotopic (exact) mass is 463 g/mol. The Bertz CT molecular complexity index is 844. The highest BCUT2D eigenvalue weighted by molar-refractivity contribution is 6.35. The first-order chi connectivity index (χ1) is 15.2. The van der Waals surface area contributed by atoms with E-state index in [0.717, 1.165) is 31.2 Å². The fraction of sp³-hybridized carbons (Fsp3) is 0.625. The number of amides is 2. The molecule has 1 aromatic carbocycles. The molecular formula is C24H34ClN3O4. The molecule has 176 valence electrons. The third-order valence-electron chi connectivity index (χ3n) is 5.85. The summed E-state index contributed by atoms with van der Waals surface area (Å²) in [6.45, 7) is 9.03. The van der Waals surface area contributed by atoms with E-state index < -0.39 is 11.7 Å². The maximum atomic E-state index is 12.7. The number of nitrogens with zero attached hydrogens (tertiary/aromatic N) is 2. The summed E-state index contributed by atoms with van der Waals surface area (Å²) in [5, 5.41) is 3.71. The number of nitrogens with one attached hydrogen (secondary N) is 1. The van der Waals surface area contributed by atoms with Crippen molar-refractivity contribution in [2.75, 3.05) is 19.7 Å². The predicted octanol–water partition coefficient (Wildman–Crippen LogP) is 4.74. The van der Waals surface area contributed by atoms with Gasteiger partial charge in [0.05, 0.1) is 19.2 Å². The molecule has 1 unspecified atom stereocenters. The number of ether oxygens (including phenoxy) is 2. The zero-order valence-corrected chi connectivity index (χ0v) is 20.2. The molecule has 0 spiro atoms. The number of hydrogen-bond acceptors (Lipinski definition) is 5. The highest BCUT2D eigenvalue weighted by atomic mass is 35.5. The van der Waals surface area contributed by atoms with E-state index in [9.17, 15) is 9.59 Å². The van der Waals surface area contributed by atoms with Crippen molar-refractivity contribution in [2.24, 2.45) is 10.9 Å². The molecule has 1 saturated carbocycles. The van der Waals surface area contributed by atoms with E-state index in [-0.39, 0.29) is 29.8 Å². The fourth-order valence-electron chi connectivity index (χ4n) is 4.50. The zero-order valence-electron chi connectivity index (χ0n) is 19.4. The Kier molecular flexibility index (Phi) is 8.04. The minimum Gasteiger partial charge on any atom is -0.474 e. The van der Waals surface area contributed by atoms with Crippen LogP contribution in [0.5, 0.6) is 0 Å². The van der Waals surface area contributed by atoms with E-state index in [2.05, 4.69) is 10.3 Å². The van der Waals surface area contributed by atoms with Gasteiger partial charge in [-0.15, -0.1) is 0 Å². The average Bonchev–Trinajstić information content (AvgIpc) is 2.73. The van der Waals surface area contributed by atoms with Crippen molar-refractivity contribution in [1.82, 2.24) is 10.2 Å². The lowest BCUT2D eigenvalue weighted by Crippen LogP contribution is -2.50. The number of rotatable bonds is 5. The van der Waals surface area contributed by atoms with Crippen LogP contribution in [0.15, 0.2) is 29.3 Å². The second-order valence-electron chi connectivity index (χ2n) is 9.37. The molecule has 1 aromatic rings. The molecule has 2 amide bonds. The molecule has 7 nitrogen and oxygen atoms in total. The summed E-state index contributed by atoms with van der Waals surface area (Å²) in [4.78, 5) is 31.5. The molecule has 1 N–H and O–H groups in total. The standard InChI is InChI=1S/C24H34ClN3O4/c1-5-31-21-22(29)28(14-13-26-21)19-11-9-16(10-12-19)20(17-7-6-8-18(25)15-17)27-23(30)32-24(2,3)4/h6-8,15-16,19-20H,5,9-14H2,1-4H3,(H,27,30). The van der Waals surface area contributed by atoms with Crippen LogP contribution in [0.2, 0.25) is 5.02 Å². The molecule has 1 aliphatic carbocycles. The summed E-state index contributed by atoms with van der Waals surface area (Å²) in [5.74, 6) is 0.334. The van der Waals surface area contributed by atoms with Crippen molar-refractivity contribution in [2.45, 2.75) is 71.1 Å². The van der Waals surface area contributed by atoms with Gasteiger partial charge < -0.3 is 19.7 Å². The van der Waals surface area contributed by atoms with E-state index in [4.69, 9.17) is 21.1 Å². The van der Waals surface area contributed by atoms with Gasteiger partial charge in [-0.05, 0) is 77.0 Å². The van der Waals surface area contributed by atoms with Crippen LogP contribution < -0.4 is 5.32 Å². The first kappa shape index (κ1) is 24.4. The Morgan fingerprint density at radius 3 is 2.62 bits per heavy atom. The molecule has 0 radical (unpaired) electrons. The quantitative estimate of drug-likeness (QED) is 0.683. The van der Waals surface area contributed by atoms with Gasteiger partial charge in [-0.3, -0.25) is 4.79 Å². The van der Waals surface area contributed by atoms with Crippen LogP contribution in [0, 0.1) is 5.92 Å². The van der Waals surface area contributed by atoms with Gasteiger partial charge in [0, 0.05) is 17.6 Å². The Hall–Kier alpha value is -2.28. The summed E-state index contributed by atoms with van der Waals surface area (Å²) in [7, 11) is 0. The Balaban J connectivity index is 1.69. The van der Waals surface area contributed by atoms with Gasteiger partial charge in [0.2, 0.25) is 0 Å². The lowest BCUT2D eigenvalue weighted by Gasteiger charge is -2.40. The van der Waals surface area contributed by atoms with E-state index in [1.54, 1.807) is 0 Å². The van der Waals surface area contributed by atoms with Crippen molar-refractivity contribution in [3.05, 3.63) is 34.9 Å². The molecule has 1 atom stereocenters. The summed E-state index contributed by atoms with van der Waals surface area (Å²) in [6, 6.07) is 7.56. The minimum atomic E-state index is -0.574. The number of carbonyl (C=O) groups excluding carboxylic acids is 2. The van der Waals surface area contributed by atoms with E-state index in [1.807, 2.05) is 56.9 Å². The molecule has 0 bridgehead atoms. The lowest BCUT2D eigenvalue weighted by atomic mass is 9.78. The summed E-state index contributed by atoms with van der Waals surface area (Å²) < 4.78 is 10.9. The number of aliphatic imine (C=N–C) groups is 1. The molecule has 1 fully saturated rings. The summed E-state index contributed by atoms with van der Waals surface area (Å²) in [5.41, 5.74) is 0.390. The average molecular weight is 464 g/mol. The highest BCUT2D eigenvalue weighted by Gasteiger charge is 2.36. The van der Waals surface area contributed by atoms with E-state index in [0.29, 0.717) is 24.7 Å². The van der Waals surface area contributed by atoms with Gasteiger partial charge in [0.25, 0.3) is 5.90 Å². The Morgan fingerprint density at radius 1 is 1.28 bits per heavy atom. The second kappa shape index (κ2) is 10.6. The maximum absolute atomic E-state index is 12.7. The number of halogens is 1. The lowest BCUT2D eigenvalue weighted by molar-refractivity contribution is -0.129. The van der Waals surface area contributed by atoms with Crippen molar-refractivity contribution in [1.29, 1.82) is 0 Å². The first-order valence-corrected chi connectivity index (χ1v) is 11.8. The number of carbonyl (C=O) groups is 2. The Labute approximate surface area is 195 Å². The van der Waals surface area contributed by atoms with Crippen molar-refractivity contribution >= 4 is 29.5 Å². The predicted molar refractivity (Wildman–Crippen MR) is 125 cm³/mol. The molecule has 3 rings (SSSR count). The van der Waals surface area contributed by atoms with E-state index >= 15 is 0 Å². The van der Waals surface area contributed by atoms with Gasteiger partial charge in [-0.1, -0.05) is 23.7 Å². The van der Waals surface area contributed by atoms with Crippen molar-refractivity contribution in [3.63, 3.8) is 0 Å². The van der Waals surface area contributed by atoms with Gasteiger partial charge in [0.1, 0.15) is 5.60 Å². The van der Waals surface area contributed by atoms with Gasteiger partial charge in [-0.2, -0.15) is 0 Å². The van der Waals surface area contributed by atoms with Crippen LogP contribution in [0.1, 0.15) is 65.0 Å². The highest BCUT2D eigenvalue weighted by Crippen LogP contribution is 2.37. The van der Waals surface area contributed by atoms with Crippen LogP contribution in [-0.4, -0.2) is 54.1 Å². The molecular weight excluding hydrogens is 430 g/mol. The smallest absolute Gasteiger partial charge is 0.408 e. The largest absolute Gasteiger partial charge is 0.474 e. The SMILES string of the molecule is CCOC1=NCCN(C2CCC(C(NC(=O)OC(C)(C)C)c3cccc(Cl)c3)CC2)C1=O. The zero-order chi connectivity index (χ0) is 23.3. The topological polar surface area (TPSA) is 80.2 Å². The normalized spacial score (nSPS) is 22.7. The van der Waals surface area contributed by atoms with Gasteiger partial charge in [0.15, 0.2) is 0 Å².